The van der Waals surface area contributed by atoms with Crippen LogP contribution in [0.4, 0.5) is 0 Å². The minimum Gasteiger partial charge on any atom is -0.396 e. The predicted molar refractivity (Wildman–Crippen MR) is 93.9 cm³/mol. The summed E-state index contributed by atoms with van der Waals surface area (Å²) in [7, 11) is 1.89. The summed E-state index contributed by atoms with van der Waals surface area (Å²) in [5, 5.41) is 15.9. The third-order valence-electron chi connectivity index (χ3n) is 5.75. The van der Waals surface area contributed by atoms with Gasteiger partial charge in [0.2, 0.25) is 0 Å². The van der Waals surface area contributed by atoms with E-state index in [4.69, 9.17) is 0 Å². The largest absolute Gasteiger partial charge is 0.396 e. The molecule has 0 spiro atoms. The van der Waals surface area contributed by atoms with Crippen LogP contribution in [0.15, 0.2) is 17.6 Å². The Kier molecular flexibility index (Phi) is 3.96. The van der Waals surface area contributed by atoms with Crippen LogP contribution in [0, 0.1) is 24.7 Å². The van der Waals surface area contributed by atoms with E-state index < -0.39 is 0 Å². The van der Waals surface area contributed by atoms with Crippen LogP contribution in [-0.2, 0) is 7.05 Å². The van der Waals surface area contributed by atoms with E-state index in [1.807, 2.05) is 36.2 Å². The standard InChI is InChI=1S/C18H23N3O2S/c1-10-19-15(9-24-10)13-6-16(21(2)7-13)18(23)20-17-12-4-3-11(5-12)14(17)8-22/h6-7,9,11-12,14,17,22H,3-5,8H2,1-2H3,(H,20,23). The molecule has 2 saturated carbocycles. The van der Waals surface area contributed by atoms with Gasteiger partial charge in [0.25, 0.3) is 5.91 Å². The number of thiazole rings is 1. The molecule has 2 aromatic rings. The Morgan fingerprint density at radius 1 is 1.46 bits per heavy atom. The Bertz CT molecular complexity index is 766. The molecule has 2 aliphatic rings. The van der Waals surface area contributed by atoms with Gasteiger partial charge >= 0.3 is 0 Å². The highest BCUT2D eigenvalue weighted by Gasteiger charge is 2.47. The molecular formula is C18H23N3O2S. The Morgan fingerprint density at radius 2 is 2.25 bits per heavy atom. The van der Waals surface area contributed by atoms with Gasteiger partial charge in [0, 0.05) is 42.8 Å². The Labute approximate surface area is 145 Å². The van der Waals surface area contributed by atoms with Crippen molar-refractivity contribution in [1.82, 2.24) is 14.9 Å². The van der Waals surface area contributed by atoms with Gasteiger partial charge in [0.1, 0.15) is 5.69 Å². The first-order valence-electron chi connectivity index (χ1n) is 8.57. The number of amides is 1. The molecule has 0 radical (unpaired) electrons. The molecule has 0 aromatic carbocycles. The smallest absolute Gasteiger partial charge is 0.268 e. The molecule has 1 amide bonds. The number of aliphatic hydroxyl groups is 1. The van der Waals surface area contributed by atoms with Crippen molar-refractivity contribution in [2.24, 2.45) is 24.8 Å². The number of rotatable bonds is 4. The van der Waals surface area contributed by atoms with Crippen molar-refractivity contribution in [3.63, 3.8) is 0 Å². The summed E-state index contributed by atoms with van der Waals surface area (Å²) in [6.45, 7) is 2.15. The van der Waals surface area contributed by atoms with E-state index in [1.165, 1.54) is 12.8 Å². The molecular weight excluding hydrogens is 322 g/mol. The molecule has 2 bridgehead atoms. The van der Waals surface area contributed by atoms with Gasteiger partial charge in [-0.15, -0.1) is 11.3 Å². The van der Waals surface area contributed by atoms with Crippen LogP contribution in [0.2, 0.25) is 0 Å². The third kappa shape index (κ3) is 2.58. The lowest BCUT2D eigenvalue weighted by Gasteiger charge is -2.30. The zero-order valence-corrected chi connectivity index (χ0v) is 14.8. The summed E-state index contributed by atoms with van der Waals surface area (Å²) in [6.07, 6.45) is 5.46. The van der Waals surface area contributed by atoms with E-state index in [2.05, 4.69) is 10.3 Å². The highest BCUT2D eigenvalue weighted by Crippen LogP contribution is 2.48. The van der Waals surface area contributed by atoms with Crippen molar-refractivity contribution in [1.29, 1.82) is 0 Å². The minimum atomic E-state index is -0.0494. The average molecular weight is 345 g/mol. The Morgan fingerprint density at radius 3 is 2.96 bits per heavy atom. The second kappa shape index (κ2) is 6.01. The van der Waals surface area contributed by atoms with Gasteiger partial charge in [0.05, 0.1) is 10.7 Å². The van der Waals surface area contributed by atoms with Crippen LogP contribution in [-0.4, -0.2) is 33.2 Å². The molecule has 6 heteroatoms. The number of carbonyl (C=O) groups excluding carboxylic acids is 1. The first kappa shape index (κ1) is 15.8. The monoisotopic (exact) mass is 345 g/mol. The molecule has 2 fully saturated rings. The molecule has 2 N–H and O–H groups in total. The molecule has 4 unspecified atom stereocenters. The lowest BCUT2D eigenvalue weighted by molar-refractivity contribution is 0.0853. The minimum absolute atomic E-state index is 0.0494. The van der Waals surface area contributed by atoms with Gasteiger partial charge in [-0.2, -0.15) is 0 Å². The fraction of sp³-hybridized carbons (Fsp3) is 0.556. The van der Waals surface area contributed by atoms with Crippen LogP contribution in [0.3, 0.4) is 0 Å². The number of fused-ring (bicyclic) bond motifs is 2. The quantitative estimate of drug-likeness (QED) is 0.895. The van der Waals surface area contributed by atoms with Crippen LogP contribution in [0.5, 0.6) is 0 Å². The van der Waals surface area contributed by atoms with Gasteiger partial charge in [-0.1, -0.05) is 0 Å². The lowest BCUT2D eigenvalue weighted by atomic mass is 9.85. The molecule has 2 aromatic heterocycles. The summed E-state index contributed by atoms with van der Waals surface area (Å²) < 4.78 is 1.86. The molecule has 24 heavy (non-hydrogen) atoms. The van der Waals surface area contributed by atoms with Crippen LogP contribution in [0.1, 0.15) is 34.8 Å². The molecule has 5 nitrogen and oxygen atoms in total. The molecule has 2 aliphatic carbocycles. The van der Waals surface area contributed by atoms with Crippen molar-refractivity contribution in [2.75, 3.05) is 6.61 Å². The van der Waals surface area contributed by atoms with Crippen molar-refractivity contribution in [3.05, 3.63) is 28.3 Å². The second-order valence-electron chi connectivity index (χ2n) is 7.16. The number of aromatic nitrogens is 2. The predicted octanol–water partition coefficient (Wildman–Crippen LogP) is 2.59. The molecule has 128 valence electrons. The fourth-order valence-electron chi connectivity index (χ4n) is 4.55. The number of hydrogen-bond donors (Lipinski definition) is 2. The maximum Gasteiger partial charge on any atom is 0.268 e. The van der Waals surface area contributed by atoms with E-state index >= 15 is 0 Å². The normalized spacial score (nSPS) is 28.5. The number of carbonyl (C=O) groups is 1. The number of nitrogens with zero attached hydrogens (tertiary/aromatic N) is 2. The summed E-state index contributed by atoms with van der Waals surface area (Å²) in [4.78, 5) is 17.3. The number of nitrogens with one attached hydrogen (secondary N) is 1. The molecule has 4 rings (SSSR count). The fourth-order valence-corrected chi connectivity index (χ4v) is 5.17. The molecule has 0 aliphatic heterocycles. The zero-order chi connectivity index (χ0) is 16.8. The van der Waals surface area contributed by atoms with E-state index in [9.17, 15) is 9.90 Å². The number of aryl methyl sites for hydroxylation is 2. The summed E-state index contributed by atoms with van der Waals surface area (Å²) >= 11 is 1.61. The van der Waals surface area contributed by atoms with Gasteiger partial charge < -0.3 is 15.0 Å². The number of hydrogen-bond acceptors (Lipinski definition) is 4. The topological polar surface area (TPSA) is 67.2 Å². The van der Waals surface area contributed by atoms with Crippen molar-refractivity contribution in [3.8, 4) is 11.3 Å². The molecule has 0 saturated heterocycles. The van der Waals surface area contributed by atoms with Gasteiger partial charge in [-0.3, -0.25) is 4.79 Å². The number of aliphatic hydroxyl groups excluding tert-OH is 1. The summed E-state index contributed by atoms with van der Waals surface area (Å²) in [5.74, 6) is 1.27. The van der Waals surface area contributed by atoms with Crippen LogP contribution in [0.25, 0.3) is 11.3 Å². The van der Waals surface area contributed by atoms with E-state index in [0.29, 0.717) is 17.5 Å². The average Bonchev–Trinajstić information content (AvgIpc) is 3.30. The Hall–Kier alpha value is -1.66. The van der Waals surface area contributed by atoms with Crippen molar-refractivity contribution in [2.45, 2.75) is 32.2 Å². The van der Waals surface area contributed by atoms with Crippen LogP contribution >= 0.6 is 11.3 Å². The second-order valence-corrected chi connectivity index (χ2v) is 8.22. The third-order valence-corrected chi connectivity index (χ3v) is 6.52. The van der Waals surface area contributed by atoms with E-state index in [0.717, 1.165) is 22.7 Å². The van der Waals surface area contributed by atoms with Crippen molar-refractivity contribution >= 4 is 17.2 Å². The van der Waals surface area contributed by atoms with E-state index in [-0.39, 0.29) is 24.5 Å². The highest BCUT2D eigenvalue weighted by atomic mass is 32.1. The SMILES string of the molecule is Cc1nc(-c2cc(C(=O)NC3C4CCC(C4)C3CO)n(C)c2)cs1. The van der Waals surface area contributed by atoms with Crippen LogP contribution < -0.4 is 5.32 Å². The van der Waals surface area contributed by atoms with E-state index in [1.54, 1.807) is 11.3 Å². The van der Waals surface area contributed by atoms with Gasteiger partial charge in [0.15, 0.2) is 0 Å². The van der Waals surface area contributed by atoms with Gasteiger partial charge in [-0.25, -0.2) is 4.98 Å². The summed E-state index contributed by atoms with van der Waals surface area (Å²) in [6, 6.07) is 2.02. The molecule has 2 heterocycles. The van der Waals surface area contributed by atoms with Gasteiger partial charge in [-0.05, 0) is 44.1 Å². The first-order chi connectivity index (χ1) is 11.6. The highest BCUT2D eigenvalue weighted by molar-refractivity contribution is 7.09. The summed E-state index contributed by atoms with van der Waals surface area (Å²) in [5.41, 5.74) is 2.54. The Balaban J connectivity index is 1.54. The van der Waals surface area contributed by atoms with Crippen molar-refractivity contribution < 1.29 is 9.90 Å². The zero-order valence-electron chi connectivity index (χ0n) is 14.0. The maximum atomic E-state index is 12.8. The first-order valence-corrected chi connectivity index (χ1v) is 9.45. The molecule has 4 atom stereocenters. The lowest BCUT2D eigenvalue weighted by Crippen LogP contribution is -2.45. The maximum absolute atomic E-state index is 12.8.